The maximum absolute atomic E-state index is 12.4. The van der Waals surface area contributed by atoms with Crippen LogP contribution in [0.15, 0.2) is 146 Å². The second kappa shape index (κ2) is 14.9. The van der Waals surface area contributed by atoms with Crippen LogP contribution in [0.4, 0.5) is 0 Å². The van der Waals surface area contributed by atoms with Crippen molar-refractivity contribution in [2.24, 2.45) is 0 Å². The molecule has 298 valence electrons. The van der Waals surface area contributed by atoms with Gasteiger partial charge in [-0.1, -0.05) is 171 Å². The molecule has 4 heteroatoms. The van der Waals surface area contributed by atoms with Gasteiger partial charge in [0.2, 0.25) is 0 Å². The summed E-state index contributed by atoms with van der Waals surface area (Å²) in [5.41, 5.74) is 13.5. The van der Waals surface area contributed by atoms with Crippen LogP contribution in [0.2, 0.25) is 0 Å². The van der Waals surface area contributed by atoms with Crippen LogP contribution < -0.4 is 5.32 Å². The Morgan fingerprint density at radius 1 is 0.627 bits per heavy atom. The monoisotopic (exact) mass is 778 g/mol. The number of allylic oxidation sites excluding steroid dienone is 2. The summed E-state index contributed by atoms with van der Waals surface area (Å²) in [7, 11) is 0. The summed E-state index contributed by atoms with van der Waals surface area (Å²) in [6, 6.07) is 43.5. The number of aryl methyl sites for hydroxylation is 1. The van der Waals surface area contributed by atoms with E-state index in [1.165, 1.54) is 5.56 Å². The fraction of sp³-hybridized carbons (Fsp3) is 0.255. The molecule has 2 N–H and O–H groups in total. The van der Waals surface area contributed by atoms with E-state index in [-0.39, 0.29) is 28.0 Å². The molecule has 1 atom stereocenters. The number of imidazole rings is 1. The Bertz CT molecular complexity index is 2860. The quantitative estimate of drug-likeness (QED) is 0.177. The maximum atomic E-state index is 12.4. The molecule has 1 aliphatic rings. The average molecular weight is 779 g/mol. The second-order valence-electron chi connectivity index (χ2n) is 19.0. The van der Waals surface area contributed by atoms with Gasteiger partial charge in [-0.15, -0.1) is 0 Å². The number of fused-ring (bicyclic) bond motifs is 1. The van der Waals surface area contributed by atoms with Crippen LogP contribution in [-0.2, 0) is 16.2 Å². The number of rotatable bonds is 6. The molecule has 0 bridgehead atoms. The van der Waals surface area contributed by atoms with E-state index in [2.05, 4.69) is 175 Å². The number of phenols is 1. The van der Waals surface area contributed by atoms with Crippen LogP contribution in [0.5, 0.6) is 5.75 Å². The first-order valence-corrected chi connectivity index (χ1v) is 20.6. The zero-order valence-corrected chi connectivity index (χ0v) is 35.8. The molecule has 0 aliphatic carbocycles. The molecule has 1 unspecified atom stereocenters. The highest BCUT2D eigenvalue weighted by molar-refractivity contribution is 5.97. The third-order valence-corrected chi connectivity index (χ3v) is 11.5. The summed E-state index contributed by atoms with van der Waals surface area (Å²) in [4.78, 5) is 5.61. The van der Waals surface area contributed by atoms with Gasteiger partial charge >= 0.3 is 0 Å². The molecule has 0 saturated heterocycles. The number of phenolic OH excluding ortho intramolecular Hbond substituents is 1. The third-order valence-electron chi connectivity index (χ3n) is 11.5. The number of hydrogen-bond donors (Lipinski definition) is 2. The summed E-state index contributed by atoms with van der Waals surface area (Å²) >= 11 is 0. The lowest BCUT2D eigenvalue weighted by Crippen LogP contribution is -2.18. The van der Waals surface area contributed by atoms with Crippen LogP contribution in [0.1, 0.15) is 106 Å². The second-order valence-corrected chi connectivity index (χ2v) is 19.0. The minimum atomic E-state index is -2.15. The van der Waals surface area contributed by atoms with Crippen molar-refractivity contribution in [2.75, 3.05) is 0 Å². The molecular weight excluding hydrogens is 719 g/mol. The van der Waals surface area contributed by atoms with Crippen molar-refractivity contribution in [2.45, 2.75) is 91.5 Å². The number of aromatic nitrogens is 2. The van der Waals surface area contributed by atoms with Crippen molar-refractivity contribution >= 4 is 16.6 Å². The zero-order valence-electron chi connectivity index (χ0n) is 38.8. The molecule has 4 nitrogen and oxygen atoms in total. The van der Waals surface area contributed by atoms with E-state index in [4.69, 9.17) is 9.10 Å². The molecule has 0 saturated carbocycles. The highest BCUT2D eigenvalue weighted by atomic mass is 16.3. The molecule has 0 radical (unpaired) electrons. The Labute approximate surface area is 355 Å². The van der Waals surface area contributed by atoms with Gasteiger partial charge < -0.3 is 10.4 Å². The van der Waals surface area contributed by atoms with E-state index in [0.717, 1.165) is 66.8 Å². The van der Waals surface area contributed by atoms with E-state index in [0.29, 0.717) is 17.0 Å². The predicted octanol–water partition coefficient (Wildman–Crippen LogP) is 14.2. The fourth-order valence-electron chi connectivity index (χ4n) is 8.09. The number of nitrogens with zero attached hydrogens (tertiary/aromatic N) is 2. The van der Waals surface area contributed by atoms with Gasteiger partial charge in [0.25, 0.3) is 0 Å². The van der Waals surface area contributed by atoms with Gasteiger partial charge in [-0.25, -0.2) is 4.98 Å². The number of benzene rings is 6. The van der Waals surface area contributed by atoms with Gasteiger partial charge in [0.15, 0.2) is 0 Å². The Kier molecular flexibility index (Phi) is 9.10. The number of dihydropyridines is 1. The molecule has 0 fully saturated rings. The lowest BCUT2D eigenvalue weighted by molar-refractivity contribution is 0.446. The van der Waals surface area contributed by atoms with Crippen molar-refractivity contribution in [3.63, 3.8) is 0 Å². The summed E-state index contributed by atoms with van der Waals surface area (Å²) in [6.45, 7) is 17.7. The van der Waals surface area contributed by atoms with E-state index in [1.54, 1.807) is 12.1 Å². The van der Waals surface area contributed by atoms with Gasteiger partial charge in [-0.05, 0) is 105 Å². The molecule has 1 aromatic heterocycles. The van der Waals surface area contributed by atoms with E-state index in [1.807, 2.05) is 30.5 Å². The molecule has 7 aromatic rings. The van der Waals surface area contributed by atoms with Gasteiger partial charge in [0.1, 0.15) is 11.6 Å². The molecular formula is C55H57N3O. The van der Waals surface area contributed by atoms with Gasteiger partial charge in [-0.2, -0.15) is 0 Å². The molecule has 2 heterocycles. The van der Waals surface area contributed by atoms with Crippen LogP contribution >= 0.6 is 0 Å². The highest BCUT2D eigenvalue weighted by Gasteiger charge is 2.29. The standard InChI is InChI=1S/C55H57N3O/c1-35-23-25-36(26-24-35)38-27-28-56-47(32-38)40-29-39(30-41(31-40)53(2,3)4)44-20-16-22-49-50(44)57-52(45-33-42(54(5,6)7)34-46(51(45)59)55(8,9)10)58(49)48-21-15-14-19-43(48)37-17-12-11-13-18-37/h11-34,47,56,59H,1-10H3/i1D3. The Morgan fingerprint density at radius 3 is 2.00 bits per heavy atom. The summed E-state index contributed by atoms with van der Waals surface area (Å²) in [5, 5.41) is 16.0. The van der Waals surface area contributed by atoms with E-state index < -0.39 is 6.85 Å². The molecule has 59 heavy (non-hydrogen) atoms. The number of nitrogens with one attached hydrogen (secondary N) is 1. The SMILES string of the molecule is [2H]C([2H])([2H])c1ccc(C2=CC(c3cc(-c4cccc5c4nc(-c4cc(C(C)(C)C)cc(C(C)(C)C)c4O)n5-c4ccccc4-c4ccccc4)cc(C(C)(C)C)c3)NC=C2)cc1. The molecule has 8 rings (SSSR count). The van der Waals surface area contributed by atoms with Crippen molar-refractivity contribution in [3.8, 4) is 45.1 Å². The minimum absolute atomic E-state index is 0.142. The smallest absolute Gasteiger partial charge is 0.149 e. The number of para-hydroxylation sites is 2. The van der Waals surface area contributed by atoms with Crippen LogP contribution in [0, 0.1) is 6.85 Å². The van der Waals surface area contributed by atoms with E-state index in [9.17, 15) is 5.11 Å². The van der Waals surface area contributed by atoms with Crippen LogP contribution in [-0.4, -0.2) is 14.7 Å². The highest BCUT2D eigenvalue weighted by Crippen LogP contribution is 2.45. The van der Waals surface area contributed by atoms with Crippen LogP contribution in [0.25, 0.3) is 55.9 Å². The molecule has 6 aromatic carbocycles. The maximum Gasteiger partial charge on any atom is 0.149 e. The van der Waals surface area contributed by atoms with Crippen molar-refractivity contribution in [3.05, 3.63) is 179 Å². The van der Waals surface area contributed by atoms with Crippen molar-refractivity contribution in [1.82, 2.24) is 14.9 Å². The van der Waals surface area contributed by atoms with Crippen LogP contribution in [0.3, 0.4) is 0 Å². The van der Waals surface area contributed by atoms with E-state index >= 15 is 0 Å². The normalized spacial score (nSPS) is 15.6. The Hall–Kier alpha value is -6.13. The third kappa shape index (κ3) is 7.77. The average Bonchev–Trinajstić information content (AvgIpc) is 3.62. The Morgan fingerprint density at radius 2 is 1.31 bits per heavy atom. The van der Waals surface area contributed by atoms with Crippen molar-refractivity contribution < 1.29 is 9.22 Å². The molecule has 0 amide bonds. The number of hydrogen-bond acceptors (Lipinski definition) is 3. The van der Waals surface area contributed by atoms with Gasteiger partial charge in [0, 0.05) is 20.8 Å². The zero-order chi connectivity index (χ0) is 44.4. The molecule has 0 spiro atoms. The van der Waals surface area contributed by atoms with Gasteiger partial charge in [-0.3, -0.25) is 4.57 Å². The minimum Gasteiger partial charge on any atom is -0.507 e. The number of aromatic hydroxyl groups is 1. The lowest BCUT2D eigenvalue weighted by atomic mass is 9.79. The first-order chi connectivity index (χ1) is 29.2. The summed E-state index contributed by atoms with van der Waals surface area (Å²) in [5.74, 6) is 0.915. The van der Waals surface area contributed by atoms with Gasteiger partial charge in [0.05, 0.1) is 28.3 Å². The summed E-state index contributed by atoms with van der Waals surface area (Å²) in [6.07, 6.45) is 6.22. The van der Waals surface area contributed by atoms with Crippen molar-refractivity contribution in [1.29, 1.82) is 0 Å². The Balaban J connectivity index is 1.38. The fourth-order valence-corrected chi connectivity index (χ4v) is 8.09. The summed E-state index contributed by atoms with van der Waals surface area (Å²) < 4.78 is 25.8. The topological polar surface area (TPSA) is 50.1 Å². The first-order valence-electron chi connectivity index (χ1n) is 22.1. The largest absolute Gasteiger partial charge is 0.507 e. The molecule has 1 aliphatic heterocycles. The predicted molar refractivity (Wildman–Crippen MR) is 249 cm³/mol. The lowest BCUT2D eigenvalue weighted by Gasteiger charge is -2.27. The first kappa shape index (κ1) is 36.0.